The van der Waals surface area contributed by atoms with Crippen molar-refractivity contribution < 1.29 is 8.82 Å². The molecule has 0 saturated carbocycles. The van der Waals surface area contributed by atoms with Gasteiger partial charge in [-0.05, 0) is 0 Å². The van der Waals surface area contributed by atoms with Crippen LogP contribution in [0.15, 0.2) is 0 Å². The Bertz CT molecular complexity index is 6.00. The van der Waals surface area contributed by atoms with Gasteiger partial charge in [0.15, 0.2) is 0 Å². The van der Waals surface area contributed by atoms with Crippen molar-refractivity contribution in [3.8, 4) is 0 Å². The Kier molecular flexibility index (Phi) is 113. The molecular weight excluding hydrogens is 94.4 g/mol. The van der Waals surface area contributed by atoms with Crippen LogP contribution in [-0.2, 0) is 0 Å². The SMILES string of the molecule is OCl.[OH][AlH2]. The van der Waals surface area contributed by atoms with E-state index in [1.54, 1.807) is 0 Å². The summed E-state index contributed by atoms with van der Waals surface area (Å²) < 4.78 is 13.6. The zero-order valence-electron chi connectivity index (χ0n) is 2.27. The van der Waals surface area contributed by atoms with E-state index in [0.29, 0.717) is 16.6 Å². The first-order valence-corrected chi connectivity index (χ1v) is 1.85. The monoisotopic (exact) mass is 98.0 g/mol. The summed E-state index contributed by atoms with van der Waals surface area (Å²) in [5.74, 6) is 0. The predicted molar refractivity (Wildman–Crippen MR) is 18.8 cm³/mol. The molecule has 2 nitrogen and oxygen atoms in total. The molecule has 0 fully saturated rings. The molecule has 0 saturated heterocycles. The molecule has 0 spiro atoms. The van der Waals surface area contributed by atoms with E-state index in [1.807, 2.05) is 0 Å². The normalized spacial score (nSPS) is 2.75. The summed E-state index contributed by atoms with van der Waals surface area (Å²) in [7, 11) is 0. The summed E-state index contributed by atoms with van der Waals surface area (Å²) in [5.41, 5.74) is 0. The minimum atomic E-state index is 0.306. The number of hydrogen-bond acceptors (Lipinski definition) is 2. The minimum Gasteiger partial charge on any atom is -0.521 e. The number of rotatable bonds is 0. The Morgan fingerprint density at radius 1 is 1.25 bits per heavy atom. The Hall–Kier alpha value is 0.742. The van der Waals surface area contributed by atoms with Crippen molar-refractivity contribution in [2.45, 2.75) is 0 Å². The van der Waals surface area contributed by atoms with Crippen molar-refractivity contribution in [1.29, 1.82) is 0 Å². The second-order valence-electron chi connectivity index (χ2n) is 0. The second kappa shape index (κ2) is 51.1. The fourth-order valence-electron chi connectivity index (χ4n) is 0. The van der Waals surface area contributed by atoms with Gasteiger partial charge in [0.2, 0.25) is 0 Å². The summed E-state index contributed by atoms with van der Waals surface area (Å²) in [6, 6.07) is 0. The highest BCUT2D eigenvalue weighted by molar-refractivity contribution is 6.04. The lowest BCUT2D eigenvalue weighted by Gasteiger charge is -1.16. The van der Waals surface area contributed by atoms with Crippen LogP contribution in [0.4, 0.5) is 0 Å². The molecule has 0 aliphatic carbocycles. The molecule has 0 rings (SSSR count). The first-order chi connectivity index (χ1) is 2.00. The molecule has 0 radical (unpaired) electrons. The summed E-state index contributed by atoms with van der Waals surface area (Å²) in [6.45, 7) is 0. The maximum Gasteiger partial charge on any atom is 0.407 e. The van der Waals surface area contributed by atoms with Crippen LogP contribution in [0.25, 0.3) is 0 Å². The average Bonchev–Trinajstić information content (AvgIpc) is 1.50. The van der Waals surface area contributed by atoms with E-state index in [-0.39, 0.29) is 0 Å². The molecule has 26 valence electrons. The first kappa shape index (κ1) is 8.83. The second-order valence-corrected chi connectivity index (χ2v) is 0. The largest absolute Gasteiger partial charge is 0.521 e. The fourth-order valence-corrected chi connectivity index (χ4v) is 0. The highest BCUT2D eigenvalue weighted by Gasteiger charge is 1.05. The van der Waals surface area contributed by atoms with Crippen molar-refractivity contribution in [3.63, 3.8) is 0 Å². The Morgan fingerprint density at radius 3 is 1.25 bits per heavy atom. The van der Waals surface area contributed by atoms with E-state index in [4.69, 9.17) is 8.82 Å². The summed E-state index contributed by atoms with van der Waals surface area (Å²) in [5, 5.41) is 0. The van der Waals surface area contributed by atoms with Crippen LogP contribution in [0.3, 0.4) is 0 Å². The lowest BCUT2D eigenvalue weighted by atomic mass is 15.9. The molecule has 0 aliphatic heterocycles. The van der Waals surface area contributed by atoms with E-state index >= 15 is 0 Å². The lowest BCUT2D eigenvalue weighted by Crippen LogP contribution is -1.34. The fraction of sp³-hybridized carbons (Fsp3) is 0. The molecule has 0 bridgehead atoms. The van der Waals surface area contributed by atoms with Crippen LogP contribution in [-0.4, -0.2) is 25.4 Å². The van der Waals surface area contributed by atoms with Gasteiger partial charge in [-0.3, -0.25) is 4.66 Å². The molecule has 4 heteroatoms. The molecule has 0 aliphatic rings. The van der Waals surface area contributed by atoms with Crippen molar-refractivity contribution in [1.82, 2.24) is 0 Å². The van der Waals surface area contributed by atoms with Crippen LogP contribution in [0.2, 0.25) is 0 Å². The van der Waals surface area contributed by atoms with Crippen molar-refractivity contribution in [2.75, 3.05) is 0 Å². The Balaban J connectivity index is 0. The number of halogens is 1. The summed E-state index contributed by atoms with van der Waals surface area (Å²) in [6.07, 6.45) is 0. The van der Waals surface area contributed by atoms with Crippen molar-refractivity contribution in [3.05, 3.63) is 0 Å². The van der Waals surface area contributed by atoms with Crippen LogP contribution in [0, 0.1) is 0 Å². The first-order valence-electron chi connectivity index (χ1n) is 0.616. The summed E-state index contributed by atoms with van der Waals surface area (Å²) >= 11 is 3.94. The van der Waals surface area contributed by atoms with E-state index in [2.05, 4.69) is 11.9 Å². The molecule has 0 amide bonds. The highest BCUT2D eigenvalue weighted by atomic mass is 35.5. The predicted octanol–water partition coefficient (Wildman–Crippen LogP) is -1.34. The molecule has 0 aromatic rings. The van der Waals surface area contributed by atoms with Crippen molar-refractivity contribution in [2.24, 2.45) is 0 Å². The van der Waals surface area contributed by atoms with Crippen LogP contribution in [0.1, 0.15) is 0 Å². The van der Waals surface area contributed by atoms with Gasteiger partial charge in [0.1, 0.15) is 0 Å². The van der Waals surface area contributed by atoms with E-state index in [9.17, 15) is 0 Å². The van der Waals surface area contributed by atoms with Gasteiger partial charge >= 0.3 is 16.6 Å². The highest BCUT2D eigenvalue weighted by Crippen LogP contribution is 1.31. The van der Waals surface area contributed by atoms with E-state index < -0.39 is 0 Å². The molecule has 0 unspecified atom stereocenters. The molecule has 0 heterocycles. The van der Waals surface area contributed by atoms with Crippen LogP contribution >= 0.6 is 11.9 Å². The number of hydrogen-bond donors (Lipinski definition) is 2. The van der Waals surface area contributed by atoms with E-state index in [1.165, 1.54) is 0 Å². The molecule has 2 N–H and O–H groups in total. The van der Waals surface area contributed by atoms with Gasteiger partial charge in [-0.1, -0.05) is 0 Å². The van der Waals surface area contributed by atoms with Gasteiger partial charge in [0.05, 0.1) is 11.9 Å². The standard InChI is InChI=1S/Al.ClHO.H2O.2H/c;1-2;;;/h;2H;1H2;;/q+1;;;;/p-1. The Morgan fingerprint density at radius 2 is 1.25 bits per heavy atom. The Labute approximate surface area is 37.9 Å². The third-order valence-corrected chi connectivity index (χ3v) is 0. The van der Waals surface area contributed by atoms with Gasteiger partial charge in [0, 0.05) is 0 Å². The van der Waals surface area contributed by atoms with Gasteiger partial charge in [-0.25, -0.2) is 0 Å². The van der Waals surface area contributed by atoms with Gasteiger partial charge in [-0.15, -0.1) is 0 Å². The molecule has 0 atom stereocenters. The third-order valence-electron chi connectivity index (χ3n) is 0. The minimum absolute atomic E-state index is 0.306. The van der Waals surface area contributed by atoms with Gasteiger partial charge in [-0.2, -0.15) is 0 Å². The van der Waals surface area contributed by atoms with Gasteiger partial charge < -0.3 is 4.16 Å². The topological polar surface area (TPSA) is 40.5 Å². The summed E-state index contributed by atoms with van der Waals surface area (Å²) in [4.78, 5) is 0. The molecule has 0 aromatic carbocycles. The molecule has 0 aromatic heterocycles. The lowest BCUT2D eigenvalue weighted by molar-refractivity contribution is 0.629. The molecule has 4 heavy (non-hydrogen) atoms. The zero-order valence-corrected chi connectivity index (χ0v) is 5.03. The maximum atomic E-state index is 7.14. The average molecular weight is 98.5 g/mol. The zero-order chi connectivity index (χ0) is 4.00. The van der Waals surface area contributed by atoms with Crippen LogP contribution < -0.4 is 0 Å². The van der Waals surface area contributed by atoms with Crippen LogP contribution in [0.5, 0.6) is 0 Å². The smallest absolute Gasteiger partial charge is 0.407 e. The molecular formula is H4AlClO2. The maximum absolute atomic E-state index is 7.14. The quantitative estimate of drug-likeness (QED) is 0.368. The third kappa shape index (κ3) is 15.1. The van der Waals surface area contributed by atoms with Crippen molar-refractivity contribution >= 4 is 28.5 Å². The van der Waals surface area contributed by atoms with E-state index in [0.717, 1.165) is 0 Å². The van der Waals surface area contributed by atoms with Gasteiger partial charge in [0.25, 0.3) is 0 Å².